The Morgan fingerprint density at radius 3 is 2.30 bits per heavy atom. The number of carbonyl (C=O) groups is 1. The predicted molar refractivity (Wildman–Crippen MR) is 127 cm³/mol. The van der Waals surface area contributed by atoms with Gasteiger partial charge in [0.15, 0.2) is 0 Å². The number of hydrogen-bond acceptors (Lipinski definition) is 5. The molecule has 1 saturated heterocycles. The number of morpholine rings is 1. The van der Waals surface area contributed by atoms with Gasteiger partial charge in [0.2, 0.25) is 11.8 Å². The molecule has 1 atom stereocenters. The summed E-state index contributed by atoms with van der Waals surface area (Å²) >= 11 is 0. The van der Waals surface area contributed by atoms with E-state index in [0.717, 1.165) is 22.6 Å². The fourth-order valence-corrected chi connectivity index (χ4v) is 4.04. The molecule has 0 aliphatic carbocycles. The Kier molecular flexibility index (Phi) is 7.35. The number of rotatable bonds is 7. The second-order valence-electron chi connectivity index (χ2n) is 8.70. The molecule has 6 heteroatoms. The summed E-state index contributed by atoms with van der Waals surface area (Å²) in [5.41, 5.74) is 2.86. The van der Waals surface area contributed by atoms with Crippen molar-refractivity contribution in [3.05, 3.63) is 89.4 Å². The summed E-state index contributed by atoms with van der Waals surface area (Å²) in [4.78, 5) is 24.6. The number of amides is 1. The third kappa shape index (κ3) is 5.76. The Labute approximate surface area is 195 Å². The lowest BCUT2D eigenvalue weighted by Crippen LogP contribution is -2.49. The standard InChI is InChI=1S/C27H31N3O3/c1-19(2)26-28-20(3)16-24(29-26)33-18-23-17-30(14-15-32-23)27(31)25(21-10-6-4-7-11-21)22-12-8-5-9-13-22/h4-13,16,19,23,25H,14-15,17-18H2,1-3H3. The van der Waals surface area contributed by atoms with E-state index in [1.165, 1.54) is 0 Å². The van der Waals surface area contributed by atoms with E-state index in [2.05, 4.69) is 23.8 Å². The number of carbonyl (C=O) groups excluding carboxylic acids is 1. The zero-order valence-corrected chi connectivity index (χ0v) is 19.5. The largest absolute Gasteiger partial charge is 0.475 e. The van der Waals surface area contributed by atoms with Gasteiger partial charge in [-0.15, -0.1) is 0 Å². The van der Waals surface area contributed by atoms with E-state index in [4.69, 9.17) is 9.47 Å². The quantitative estimate of drug-likeness (QED) is 0.541. The van der Waals surface area contributed by atoms with Gasteiger partial charge in [0, 0.05) is 24.2 Å². The second kappa shape index (κ2) is 10.6. The topological polar surface area (TPSA) is 64.5 Å². The monoisotopic (exact) mass is 445 g/mol. The van der Waals surface area contributed by atoms with Crippen molar-refractivity contribution in [1.82, 2.24) is 14.9 Å². The lowest BCUT2D eigenvalue weighted by Gasteiger charge is -2.35. The highest BCUT2D eigenvalue weighted by atomic mass is 16.5. The molecule has 1 aliphatic heterocycles. The first-order valence-corrected chi connectivity index (χ1v) is 11.5. The van der Waals surface area contributed by atoms with Crippen molar-refractivity contribution in [3.63, 3.8) is 0 Å². The molecule has 0 saturated carbocycles. The second-order valence-corrected chi connectivity index (χ2v) is 8.70. The van der Waals surface area contributed by atoms with Crippen LogP contribution in [0.4, 0.5) is 0 Å². The van der Waals surface area contributed by atoms with Gasteiger partial charge in [0.05, 0.1) is 19.1 Å². The highest BCUT2D eigenvalue weighted by Crippen LogP contribution is 2.28. The van der Waals surface area contributed by atoms with Crippen LogP contribution in [0.2, 0.25) is 0 Å². The van der Waals surface area contributed by atoms with Crippen LogP contribution in [0.1, 0.15) is 48.3 Å². The van der Waals surface area contributed by atoms with Crippen LogP contribution in [0.5, 0.6) is 5.88 Å². The summed E-state index contributed by atoms with van der Waals surface area (Å²) in [7, 11) is 0. The Morgan fingerprint density at radius 2 is 1.70 bits per heavy atom. The zero-order valence-electron chi connectivity index (χ0n) is 19.5. The highest BCUT2D eigenvalue weighted by Gasteiger charge is 2.31. The SMILES string of the molecule is Cc1cc(OCC2CN(C(=O)C(c3ccccc3)c3ccccc3)CCO2)nc(C(C)C)n1. The molecule has 3 aromatic rings. The molecule has 1 aromatic heterocycles. The number of aryl methyl sites for hydroxylation is 1. The van der Waals surface area contributed by atoms with Gasteiger partial charge in [0.1, 0.15) is 18.5 Å². The summed E-state index contributed by atoms with van der Waals surface area (Å²) in [6.07, 6.45) is -0.215. The summed E-state index contributed by atoms with van der Waals surface area (Å²) in [5.74, 6) is 1.27. The first-order chi connectivity index (χ1) is 16.0. The molecule has 6 nitrogen and oxygen atoms in total. The first kappa shape index (κ1) is 22.9. The van der Waals surface area contributed by atoms with Crippen molar-refractivity contribution < 1.29 is 14.3 Å². The van der Waals surface area contributed by atoms with Gasteiger partial charge in [-0.2, -0.15) is 4.98 Å². The Hall–Kier alpha value is -3.25. The summed E-state index contributed by atoms with van der Waals surface area (Å²) < 4.78 is 11.9. The number of benzene rings is 2. The molecule has 0 radical (unpaired) electrons. The normalized spacial score (nSPS) is 16.3. The number of ether oxygens (including phenoxy) is 2. The third-order valence-corrected chi connectivity index (χ3v) is 5.74. The summed E-state index contributed by atoms with van der Waals surface area (Å²) in [6, 6.07) is 21.7. The van der Waals surface area contributed by atoms with Crippen LogP contribution >= 0.6 is 0 Å². The van der Waals surface area contributed by atoms with Crippen molar-refractivity contribution >= 4 is 5.91 Å². The molecule has 33 heavy (non-hydrogen) atoms. The van der Waals surface area contributed by atoms with Crippen LogP contribution in [-0.2, 0) is 9.53 Å². The van der Waals surface area contributed by atoms with Crippen molar-refractivity contribution in [2.24, 2.45) is 0 Å². The first-order valence-electron chi connectivity index (χ1n) is 11.5. The number of hydrogen-bond donors (Lipinski definition) is 0. The average Bonchev–Trinajstić information content (AvgIpc) is 2.84. The van der Waals surface area contributed by atoms with E-state index in [-0.39, 0.29) is 23.8 Å². The van der Waals surface area contributed by atoms with Crippen LogP contribution in [0.15, 0.2) is 66.7 Å². The maximum atomic E-state index is 13.7. The van der Waals surface area contributed by atoms with Crippen molar-refractivity contribution in [3.8, 4) is 5.88 Å². The number of nitrogens with zero attached hydrogens (tertiary/aromatic N) is 3. The van der Waals surface area contributed by atoms with Crippen LogP contribution < -0.4 is 4.74 Å². The predicted octanol–water partition coefficient (Wildman–Crippen LogP) is 4.35. The minimum atomic E-state index is -0.342. The molecule has 0 bridgehead atoms. The van der Waals surface area contributed by atoms with E-state index >= 15 is 0 Å². The van der Waals surface area contributed by atoms with E-state index < -0.39 is 0 Å². The molecule has 1 aliphatic rings. The maximum Gasteiger partial charge on any atom is 0.234 e. The number of aromatic nitrogens is 2. The Morgan fingerprint density at radius 1 is 1.06 bits per heavy atom. The molecule has 0 spiro atoms. The molecule has 1 unspecified atom stereocenters. The fraction of sp³-hybridized carbons (Fsp3) is 0.370. The lowest BCUT2D eigenvalue weighted by atomic mass is 9.90. The van der Waals surface area contributed by atoms with Crippen molar-refractivity contribution in [2.75, 3.05) is 26.3 Å². The Balaban J connectivity index is 1.46. The molecule has 4 rings (SSSR count). The van der Waals surface area contributed by atoms with Crippen LogP contribution in [0.3, 0.4) is 0 Å². The van der Waals surface area contributed by atoms with Crippen molar-refractivity contribution in [1.29, 1.82) is 0 Å². The third-order valence-electron chi connectivity index (χ3n) is 5.74. The van der Waals surface area contributed by atoms with E-state index in [1.807, 2.05) is 78.6 Å². The lowest BCUT2D eigenvalue weighted by molar-refractivity contribution is -0.140. The summed E-state index contributed by atoms with van der Waals surface area (Å²) in [5, 5.41) is 0. The average molecular weight is 446 g/mol. The van der Waals surface area contributed by atoms with Gasteiger partial charge in [-0.1, -0.05) is 74.5 Å². The van der Waals surface area contributed by atoms with E-state index in [9.17, 15) is 4.79 Å². The Bertz CT molecular complexity index is 1020. The van der Waals surface area contributed by atoms with Crippen molar-refractivity contribution in [2.45, 2.75) is 38.7 Å². The van der Waals surface area contributed by atoms with Crippen LogP contribution in [0.25, 0.3) is 0 Å². The van der Waals surface area contributed by atoms with Crippen LogP contribution in [0, 0.1) is 6.92 Å². The van der Waals surface area contributed by atoms with Gasteiger partial charge < -0.3 is 14.4 Å². The van der Waals surface area contributed by atoms with Gasteiger partial charge in [-0.25, -0.2) is 4.98 Å². The molecular weight excluding hydrogens is 414 g/mol. The maximum absolute atomic E-state index is 13.7. The highest BCUT2D eigenvalue weighted by molar-refractivity contribution is 5.87. The fourth-order valence-electron chi connectivity index (χ4n) is 4.04. The molecule has 2 aromatic carbocycles. The van der Waals surface area contributed by atoms with Gasteiger partial charge in [0.25, 0.3) is 0 Å². The molecule has 172 valence electrons. The minimum Gasteiger partial charge on any atom is -0.475 e. The molecule has 1 fully saturated rings. The molecule has 1 amide bonds. The summed E-state index contributed by atoms with van der Waals surface area (Å²) in [6.45, 7) is 7.91. The van der Waals surface area contributed by atoms with Gasteiger partial charge in [-0.3, -0.25) is 4.79 Å². The van der Waals surface area contributed by atoms with Gasteiger partial charge >= 0.3 is 0 Å². The smallest absolute Gasteiger partial charge is 0.234 e. The van der Waals surface area contributed by atoms with E-state index in [0.29, 0.717) is 32.2 Å². The molecular formula is C27H31N3O3. The van der Waals surface area contributed by atoms with E-state index in [1.54, 1.807) is 0 Å². The molecule has 0 N–H and O–H groups in total. The van der Waals surface area contributed by atoms with Gasteiger partial charge in [-0.05, 0) is 18.1 Å². The zero-order chi connectivity index (χ0) is 23.2. The minimum absolute atomic E-state index is 0.0840. The van der Waals surface area contributed by atoms with Crippen LogP contribution in [-0.4, -0.2) is 53.2 Å². The molecule has 2 heterocycles.